The molecular formula is C117H101NO23P4. The lowest BCUT2D eigenvalue weighted by molar-refractivity contribution is -0.385. The van der Waals surface area contributed by atoms with E-state index in [0.717, 1.165) is 151 Å². The van der Waals surface area contributed by atoms with Crippen molar-refractivity contribution in [2.45, 2.75) is 104 Å². The molecule has 1 saturated carbocycles. The van der Waals surface area contributed by atoms with Crippen LogP contribution in [0.1, 0.15) is 145 Å². The Morgan fingerprint density at radius 1 is 0.283 bits per heavy atom. The zero-order valence-corrected chi connectivity index (χ0v) is 82.8. The van der Waals surface area contributed by atoms with Crippen LogP contribution in [0.25, 0.3) is 77.9 Å². The van der Waals surface area contributed by atoms with Crippen LogP contribution in [0.2, 0.25) is 0 Å². The minimum atomic E-state index is -5.96. The number of hydrogen-bond acceptors (Lipinski definition) is 23. The van der Waals surface area contributed by atoms with E-state index in [2.05, 4.69) is 0 Å². The summed E-state index contributed by atoms with van der Waals surface area (Å²) in [5.41, 5.74) is 21.9. The molecule has 28 heteroatoms. The lowest BCUT2D eigenvalue weighted by atomic mass is 9.85. The lowest BCUT2D eigenvalue weighted by Crippen LogP contribution is -2.66. The fourth-order valence-corrected chi connectivity index (χ4v) is 28.3. The first-order chi connectivity index (χ1) is 70.8. The van der Waals surface area contributed by atoms with Crippen molar-refractivity contribution >= 4 is 42.9 Å². The second kappa shape index (κ2) is 40.2. The molecule has 732 valence electrons. The van der Waals surface area contributed by atoms with E-state index in [1.54, 1.807) is 6.92 Å². The number of nitro groups is 1. The van der Waals surface area contributed by atoms with Crippen molar-refractivity contribution in [2.75, 3.05) is 60.5 Å². The molecule has 0 radical (unpaired) electrons. The Hall–Kier alpha value is -12.8. The Bertz CT molecular complexity index is 7120. The molecule has 7 atom stereocenters. The number of rotatable bonds is 38. The highest BCUT2D eigenvalue weighted by Crippen LogP contribution is 2.67. The molecule has 0 heterocycles. The molecule has 24 nitrogen and oxygen atoms in total. The van der Waals surface area contributed by atoms with Crippen LogP contribution >= 0.6 is 31.3 Å². The maximum Gasteiger partial charge on any atom is 0.475 e. The van der Waals surface area contributed by atoms with Crippen LogP contribution in [0.3, 0.4) is 0 Å². The van der Waals surface area contributed by atoms with Crippen molar-refractivity contribution in [1.29, 1.82) is 0 Å². The average molecular weight is 2010 g/mol. The van der Waals surface area contributed by atoms with Crippen molar-refractivity contribution in [1.82, 2.24) is 0 Å². The molecular weight excluding hydrogens is 1910 g/mol. The van der Waals surface area contributed by atoms with Crippen LogP contribution in [-0.2, 0) is 88.7 Å². The van der Waals surface area contributed by atoms with E-state index >= 15 is 28.2 Å². The number of nitro benzene ring substituents is 1. The van der Waals surface area contributed by atoms with Crippen LogP contribution in [-0.4, -0.2) is 113 Å². The van der Waals surface area contributed by atoms with Crippen molar-refractivity contribution in [3.05, 3.63) is 445 Å². The summed E-state index contributed by atoms with van der Waals surface area (Å²) in [4.78, 5) is 28.9. The molecule has 145 heavy (non-hydrogen) atoms. The van der Waals surface area contributed by atoms with E-state index in [-0.39, 0.29) is 23.5 Å². The fourth-order valence-electron chi connectivity index (χ4n) is 22.7. The van der Waals surface area contributed by atoms with E-state index in [1.165, 1.54) is 20.3 Å². The van der Waals surface area contributed by atoms with Crippen LogP contribution in [0, 0.1) is 10.1 Å². The minimum absolute atomic E-state index is 0.0156. The molecule has 1 fully saturated rings. The number of ether oxygens (including phenoxy) is 3. The number of carbonyl (C=O) groups is 1. The number of carbonyl (C=O) groups excluding carboxylic acids is 1. The summed E-state index contributed by atoms with van der Waals surface area (Å²) >= 11 is 0. The number of aliphatic hydroxyl groups is 1. The summed E-state index contributed by atoms with van der Waals surface area (Å²) in [6.45, 7) is -2.73. The highest BCUT2D eigenvalue weighted by atomic mass is 31.2. The summed E-state index contributed by atoms with van der Waals surface area (Å²) in [6, 6.07) is 110. The Balaban J connectivity index is 0.745. The third-order valence-corrected chi connectivity index (χ3v) is 35.1. The summed E-state index contributed by atoms with van der Waals surface area (Å²) < 4.78 is 178. The van der Waals surface area contributed by atoms with Gasteiger partial charge in [0, 0.05) is 47.8 Å². The minimum Gasteiger partial charge on any atom is -0.493 e. The quantitative estimate of drug-likeness (QED) is 0.0163. The predicted octanol–water partition coefficient (Wildman–Crippen LogP) is 27.0. The van der Waals surface area contributed by atoms with Gasteiger partial charge in [-0.25, -0.2) is 18.3 Å². The van der Waals surface area contributed by atoms with Gasteiger partial charge in [-0.3, -0.25) is 69.2 Å². The normalized spacial score (nSPS) is 18.3. The summed E-state index contributed by atoms with van der Waals surface area (Å²) in [5.74, 6) is -6.18. The first-order valence-electron chi connectivity index (χ1n) is 48.7. The molecule has 0 spiro atoms. The number of phosphoric ester groups is 4. The standard InChI is InChI=1S/C117H101NO23P4/c1-4-33-111(119)137-115-113(138-143(124,131-66-102-89-50-21-7-36-75(89)76-37-8-22-51-90(76)102)132-67-103-91-52-23-9-38-77(91)78-39-10-24-53-92(78)103)112(120)114(139-144(125,133-68-104-93-54-25-11-40-79(93)80-41-12-26-55-94(80)104)134-69-105-95-56-27-13-42-81(95)82-43-14-28-57-96(82)105)116(117(115)141-142(123,129-64-72-62-109(127-2)110(128-3)63-108(72)118(121)122)130-65-101-87-48-19-5-34-73(87)74-35-6-20-49-88(74)101)140-145(126,135-70-106-97-58-29-15-44-83(97)84-45-16-30-59-98(84)106)136-71-107-99-60-31-17-46-85(99)86-47-18-32-61-100(86)107/h5-32,34-63,101-107,112-117,120H,4,33,64-71H2,1-3H3/t112-,113-,114+,115-,116-,117-,142?/m0/s1. The molecule has 0 aliphatic heterocycles. The van der Waals surface area contributed by atoms with Gasteiger partial charge in [0.2, 0.25) is 0 Å². The van der Waals surface area contributed by atoms with Crippen LogP contribution in [0.15, 0.2) is 352 Å². The van der Waals surface area contributed by atoms with Crippen LogP contribution in [0.4, 0.5) is 5.69 Å². The van der Waals surface area contributed by atoms with Crippen LogP contribution < -0.4 is 9.47 Å². The molecule has 8 aliphatic carbocycles. The predicted molar refractivity (Wildman–Crippen MR) is 549 cm³/mol. The zero-order chi connectivity index (χ0) is 98.8. The molecule has 23 rings (SSSR count). The number of esters is 1. The maximum absolute atomic E-state index is 18.4. The Labute approximate surface area is 839 Å². The molecule has 0 aromatic heterocycles. The summed E-state index contributed by atoms with van der Waals surface area (Å²) in [5, 5.41) is 28.9. The molecule has 15 aromatic rings. The van der Waals surface area contributed by atoms with Crippen molar-refractivity contribution < 1.29 is 102 Å². The average Bonchev–Trinajstić information content (AvgIpc) is 1.62. The Kier molecular flexibility index (Phi) is 26.5. The number of fused-ring (bicyclic) bond motifs is 21. The van der Waals surface area contributed by atoms with Gasteiger partial charge in [0.1, 0.15) is 30.5 Å². The highest BCUT2D eigenvalue weighted by molar-refractivity contribution is 7.49. The number of methoxy groups -OCH3 is 2. The first-order valence-corrected chi connectivity index (χ1v) is 54.5. The molecule has 0 saturated heterocycles. The molecule has 1 N–H and O–H groups in total. The topological polar surface area (TPSA) is 287 Å². The van der Waals surface area contributed by atoms with Gasteiger partial charge < -0.3 is 19.3 Å². The highest BCUT2D eigenvalue weighted by Gasteiger charge is 2.64. The number of hydrogen-bond donors (Lipinski definition) is 1. The lowest BCUT2D eigenvalue weighted by Gasteiger charge is -2.48. The zero-order valence-electron chi connectivity index (χ0n) is 79.2. The van der Waals surface area contributed by atoms with Gasteiger partial charge >= 0.3 is 37.3 Å². The molecule has 0 bridgehead atoms. The fraction of sp³-hybridized carbons (Fsp3) is 0.222. The van der Waals surface area contributed by atoms with E-state index < -0.39 is 185 Å². The smallest absolute Gasteiger partial charge is 0.475 e. The molecule has 0 amide bonds. The monoisotopic (exact) mass is 2010 g/mol. The third kappa shape index (κ3) is 18.1. The molecule has 8 aliphatic rings. The van der Waals surface area contributed by atoms with Gasteiger partial charge in [0.05, 0.1) is 83.6 Å². The Morgan fingerprint density at radius 3 is 0.676 bits per heavy atom. The third-order valence-electron chi connectivity index (χ3n) is 29.4. The Morgan fingerprint density at radius 2 is 0.469 bits per heavy atom. The largest absolute Gasteiger partial charge is 0.493 e. The van der Waals surface area contributed by atoms with E-state index in [9.17, 15) is 10.1 Å². The first kappa shape index (κ1) is 95.7. The number of phosphoric acid groups is 4. The van der Waals surface area contributed by atoms with Crippen molar-refractivity contribution in [3.8, 4) is 89.4 Å². The number of nitrogens with zero attached hydrogens (tertiary/aromatic N) is 1. The van der Waals surface area contributed by atoms with E-state index in [1.807, 2.05) is 340 Å². The molecule has 1 unspecified atom stereocenters. The summed E-state index contributed by atoms with van der Waals surface area (Å²) in [6.07, 6.45) is -15.9. The second-order valence-corrected chi connectivity index (χ2v) is 43.8. The van der Waals surface area contributed by atoms with Gasteiger partial charge in [-0.05, 0) is 168 Å². The second-order valence-electron chi connectivity index (χ2n) is 37.3. The summed E-state index contributed by atoms with van der Waals surface area (Å²) in [7, 11) is -20.5. The van der Waals surface area contributed by atoms with Gasteiger partial charge in [-0.2, -0.15) is 0 Å². The van der Waals surface area contributed by atoms with Crippen LogP contribution in [0.5, 0.6) is 11.5 Å². The van der Waals surface area contributed by atoms with Gasteiger partial charge in [0.25, 0.3) is 5.69 Å². The SMILES string of the molecule is CCCC(=O)O[C@@H]1[C@H](OP(=O)(OCc2cc(OC)c(OC)cc2[N+](=O)[O-])OCC2c3ccccc3-c3ccccc32)[C@@H](OP(=O)(OCC2c3ccccc3-c3ccccc32)OCC2c3ccccc3-c3ccccc32)[C@H](OP(=O)(OCC2c3ccccc3-c3ccccc32)OCC2c3ccccc3-c3ccccc32)[C@@H](O)[C@@H]1OP(=O)(OCC1c2ccccc2-c2ccccc21)OCC1c2ccccc2-c2ccccc21. The van der Waals surface area contributed by atoms with E-state index in [0.29, 0.717) is 11.1 Å². The van der Waals surface area contributed by atoms with Gasteiger partial charge in [0.15, 0.2) is 17.6 Å². The number of benzene rings is 15. The molecule has 15 aromatic carbocycles. The van der Waals surface area contributed by atoms with Crippen molar-refractivity contribution in [2.24, 2.45) is 0 Å². The van der Waals surface area contributed by atoms with Crippen molar-refractivity contribution in [3.63, 3.8) is 0 Å². The van der Waals surface area contributed by atoms with Gasteiger partial charge in [-0.1, -0.05) is 347 Å². The number of aliphatic hydroxyl groups excluding tert-OH is 1. The van der Waals surface area contributed by atoms with E-state index in [4.69, 9.17) is 68.5 Å². The maximum atomic E-state index is 18.4. The van der Waals surface area contributed by atoms with Gasteiger partial charge in [-0.15, -0.1) is 0 Å².